The molecule has 21 heavy (non-hydrogen) atoms. The summed E-state index contributed by atoms with van der Waals surface area (Å²) in [6, 6.07) is 5.36. The second-order valence-corrected chi connectivity index (χ2v) is 6.03. The zero-order valence-electron chi connectivity index (χ0n) is 12.5. The lowest BCUT2D eigenvalue weighted by Crippen LogP contribution is -2.16. The average Bonchev–Trinajstić information content (AvgIpc) is 3.21. The van der Waals surface area contributed by atoms with Crippen molar-refractivity contribution in [1.82, 2.24) is 14.5 Å². The Labute approximate surface area is 124 Å². The van der Waals surface area contributed by atoms with E-state index in [1.165, 1.54) is 12.8 Å². The highest BCUT2D eigenvalue weighted by Gasteiger charge is 2.30. The van der Waals surface area contributed by atoms with E-state index >= 15 is 0 Å². The van der Waals surface area contributed by atoms with Crippen molar-refractivity contribution in [3.05, 3.63) is 29.6 Å². The predicted octanol–water partition coefficient (Wildman–Crippen LogP) is 2.56. The van der Waals surface area contributed by atoms with Gasteiger partial charge in [0, 0.05) is 12.5 Å². The Morgan fingerprint density at radius 2 is 2.19 bits per heavy atom. The molecule has 0 amide bonds. The molecule has 0 aliphatic heterocycles. The number of rotatable bonds is 6. The standard InChI is InChI=1S/C16H21N3O2/c1-18(2)9-4-10-19-14-12(16(20)21)5-3-6-13(14)17-15(19)11-7-8-11/h3,5-6,11H,4,7-10H2,1-2H3,(H,20,21). The molecule has 5 nitrogen and oxygen atoms in total. The molecule has 1 aromatic carbocycles. The molecule has 1 saturated carbocycles. The number of hydrogen-bond acceptors (Lipinski definition) is 3. The summed E-state index contributed by atoms with van der Waals surface area (Å²) in [5.41, 5.74) is 1.95. The largest absolute Gasteiger partial charge is 0.478 e. The molecule has 0 atom stereocenters. The van der Waals surface area contributed by atoms with Gasteiger partial charge in [0.1, 0.15) is 5.82 Å². The van der Waals surface area contributed by atoms with E-state index in [0.717, 1.165) is 36.4 Å². The van der Waals surface area contributed by atoms with E-state index in [1.807, 2.05) is 6.07 Å². The minimum Gasteiger partial charge on any atom is -0.478 e. The molecular weight excluding hydrogens is 266 g/mol. The minimum absolute atomic E-state index is 0.358. The molecule has 0 saturated heterocycles. The van der Waals surface area contributed by atoms with Gasteiger partial charge >= 0.3 is 5.97 Å². The Hall–Kier alpha value is -1.88. The highest BCUT2D eigenvalue weighted by molar-refractivity contribution is 6.01. The monoisotopic (exact) mass is 287 g/mol. The third-order valence-corrected chi connectivity index (χ3v) is 3.96. The van der Waals surface area contributed by atoms with Gasteiger partial charge in [-0.25, -0.2) is 9.78 Å². The Morgan fingerprint density at radius 3 is 2.81 bits per heavy atom. The summed E-state index contributed by atoms with van der Waals surface area (Å²) in [5.74, 6) is 0.701. The number of carbonyl (C=O) groups is 1. The second kappa shape index (κ2) is 5.48. The first-order chi connectivity index (χ1) is 10.1. The van der Waals surface area contributed by atoms with E-state index in [4.69, 9.17) is 4.98 Å². The Kier molecular flexibility index (Phi) is 3.68. The molecule has 0 unspecified atom stereocenters. The summed E-state index contributed by atoms with van der Waals surface area (Å²) in [6.07, 6.45) is 3.32. The summed E-state index contributed by atoms with van der Waals surface area (Å²) in [5, 5.41) is 9.44. The van der Waals surface area contributed by atoms with Crippen LogP contribution in [0.5, 0.6) is 0 Å². The number of hydrogen-bond donors (Lipinski definition) is 1. The summed E-state index contributed by atoms with van der Waals surface area (Å²) in [6.45, 7) is 1.81. The van der Waals surface area contributed by atoms with Gasteiger partial charge in [-0.3, -0.25) is 0 Å². The molecule has 3 rings (SSSR count). The van der Waals surface area contributed by atoms with E-state index in [-0.39, 0.29) is 0 Å². The van der Waals surface area contributed by atoms with Crippen LogP contribution in [0.15, 0.2) is 18.2 Å². The molecular formula is C16H21N3O2. The molecule has 5 heteroatoms. The maximum Gasteiger partial charge on any atom is 0.337 e. The third-order valence-electron chi connectivity index (χ3n) is 3.96. The number of carboxylic acids is 1. The van der Waals surface area contributed by atoms with Gasteiger partial charge in [-0.2, -0.15) is 0 Å². The van der Waals surface area contributed by atoms with Gasteiger partial charge in [0.05, 0.1) is 16.6 Å². The van der Waals surface area contributed by atoms with Gasteiger partial charge in [-0.1, -0.05) is 6.07 Å². The maximum atomic E-state index is 11.5. The normalized spacial score (nSPS) is 15.0. The van der Waals surface area contributed by atoms with Crippen LogP contribution in [0, 0.1) is 0 Å². The van der Waals surface area contributed by atoms with Gasteiger partial charge in [0.2, 0.25) is 0 Å². The first-order valence-corrected chi connectivity index (χ1v) is 7.45. The van der Waals surface area contributed by atoms with Gasteiger partial charge < -0.3 is 14.6 Å². The van der Waals surface area contributed by atoms with Crippen LogP contribution in [0.25, 0.3) is 11.0 Å². The van der Waals surface area contributed by atoms with Crippen molar-refractivity contribution < 1.29 is 9.90 Å². The molecule has 1 N–H and O–H groups in total. The molecule has 1 aliphatic carbocycles. The lowest BCUT2D eigenvalue weighted by Gasteiger charge is -2.13. The quantitative estimate of drug-likeness (QED) is 0.887. The van der Waals surface area contributed by atoms with E-state index in [2.05, 4.69) is 23.6 Å². The first-order valence-electron chi connectivity index (χ1n) is 7.45. The van der Waals surface area contributed by atoms with Crippen molar-refractivity contribution >= 4 is 17.0 Å². The molecule has 1 aromatic heterocycles. The third kappa shape index (κ3) is 2.78. The van der Waals surface area contributed by atoms with Crippen LogP contribution in [0.1, 0.15) is 41.4 Å². The van der Waals surface area contributed by atoms with Crippen LogP contribution in [0.3, 0.4) is 0 Å². The highest BCUT2D eigenvalue weighted by Crippen LogP contribution is 2.41. The maximum absolute atomic E-state index is 11.5. The van der Waals surface area contributed by atoms with Crippen molar-refractivity contribution in [3.63, 3.8) is 0 Å². The first kappa shape index (κ1) is 14.1. The molecule has 2 aromatic rings. The Morgan fingerprint density at radius 1 is 1.43 bits per heavy atom. The van der Waals surface area contributed by atoms with Gasteiger partial charge in [-0.15, -0.1) is 0 Å². The van der Waals surface area contributed by atoms with Crippen molar-refractivity contribution in [2.24, 2.45) is 0 Å². The molecule has 0 spiro atoms. The zero-order valence-corrected chi connectivity index (χ0v) is 12.5. The molecule has 1 heterocycles. The fraction of sp³-hybridized carbons (Fsp3) is 0.500. The SMILES string of the molecule is CN(C)CCCn1c(C2CC2)nc2cccc(C(=O)O)c21. The average molecular weight is 287 g/mol. The van der Waals surface area contributed by atoms with Crippen LogP contribution in [0.4, 0.5) is 0 Å². The van der Waals surface area contributed by atoms with E-state index < -0.39 is 5.97 Å². The van der Waals surface area contributed by atoms with Gasteiger partial charge in [-0.05, 0) is 52.0 Å². The number of fused-ring (bicyclic) bond motifs is 1. The van der Waals surface area contributed by atoms with E-state index in [1.54, 1.807) is 12.1 Å². The van der Waals surface area contributed by atoms with Crippen molar-refractivity contribution in [2.45, 2.75) is 31.7 Å². The zero-order chi connectivity index (χ0) is 15.0. The number of benzene rings is 1. The number of nitrogens with zero attached hydrogens (tertiary/aromatic N) is 3. The Balaban J connectivity index is 2.04. The number of aromatic nitrogens is 2. The van der Waals surface area contributed by atoms with Crippen LogP contribution in [0.2, 0.25) is 0 Å². The molecule has 0 bridgehead atoms. The number of aryl methyl sites for hydroxylation is 1. The van der Waals surface area contributed by atoms with Crippen molar-refractivity contribution in [1.29, 1.82) is 0 Å². The fourth-order valence-electron chi connectivity index (χ4n) is 2.80. The summed E-state index contributed by atoms with van der Waals surface area (Å²) >= 11 is 0. The summed E-state index contributed by atoms with van der Waals surface area (Å²) < 4.78 is 2.14. The summed E-state index contributed by atoms with van der Waals surface area (Å²) in [4.78, 5) is 18.3. The number of carboxylic acid groups (broad SMARTS) is 1. The minimum atomic E-state index is -0.878. The van der Waals surface area contributed by atoms with Gasteiger partial charge in [0.25, 0.3) is 0 Å². The molecule has 1 fully saturated rings. The van der Waals surface area contributed by atoms with Crippen molar-refractivity contribution in [3.8, 4) is 0 Å². The number of aromatic carboxylic acids is 1. The predicted molar refractivity (Wildman–Crippen MR) is 81.8 cm³/mol. The Bertz CT molecular complexity index is 671. The van der Waals surface area contributed by atoms with E-state index in [9.17, 15) is 9.90 Å². The topological polar surface area (TPSA) is 58.4 Å². The lowest BCUT2D eigenvalue weighted by molar-refractivity contribution is 0.0698. The van der Waals surface area contributed by atoms with Crippen molar-refractivity contribution in [2.75, 3.05) is 20.6 Å². The lowest BCUT2D eigenvalue weighted by atomic mass is 10.2. The molecule has 0 radical (unpaired) electrons. The van der Waals surface area contributed by atoms with Crippen LogP contribution in [-0.4, -0.2) is 46.2 Å². The van der Waals surface area contributed by atoms with Crippen LogP contribution in [-0.2, 0) is 6.54 Å². The molecule has 112 valence electrons. The van der Waals surface area contributed by atoms with Crippen LogP contribution >= 0.6 is 0 Å². The number of para-hydroxylation sites is 1. The second-order valence-electron chi connectivity index (χ2n) is 6.03. The highest BCUT2D eigenvalue weighted by atomic mass is 16.4. The summed E-state index contributed by atoms with van der Waals surface area (Å²) in [7, 11) is 4.10. The number of imidazole rings is 1. The molecule has 1 aliphatic rings. The van der Waals surface area contributed by atoms with E-state index in [0.29, 0.717) is 11.5 Å². The van der Waals surface area contributed by atoms with Crippen LogP contribution < -0.4 is 0 Å². The van der Waals surface area contributed by atoms with Gasteiger partial charge in [0.15, 0.2) is 0 Å². The smallest absolute Gasteiger partial charge is 0.337 e. The fourth-order valence-corrected chi connectivity index (χ4v) is 2.80.